The Morgan fingerprint density at radius 1 is 1.35 bits per heavy atom. The van der Waals surface area contributed by atoms with Crippen LogP contribution in [0.2, 0.25) is 0 Å². The molecule has 8 heteroatoms. The molecule has 1 radical (unpaired) electrons. The zero-order valence-corrected chi connectivity index (χ0v) is 8.56. The molecule has 0 aliphatic rings. The summed E-state index contributed by atoms with van der Waals surface area (Å²) in [5, 5.41) is 9.23. The van der Waals surface area contributed by atoms with E-state index in [0.717, 1.165) is 0 Å². The first kappa shape index (κ1) is 11.4. The molecular weight excluding hydrogens is 237 g/mol. The number of ether oxygens (including phenoxy) is 1. The number of benzene rings is 1. The van der Waals surface area contributed by atoms with Crippen LogP contribution in [0.15, 0.2) is 18.2 Å². The van der Waals surface area contributed by atoms with Crippen LogP contribution in [0.5, 0.6) is 5.75 Å². The number of hydrogen-bond donors (Lipinski definition) is 0. The molecule has 5 nitrogen and oxygen atoms in total. The molecule has 89 valence electrons. The van der Waals surface area contributed by atoms with Crippen molar-refractivity contribution in [2.45, 2.75) is 6.18 Å². The number of aromatic nitrogens is 4. The van der Waals surface area contributed by atoms with Crippen LogP contribution in [-0.4, -0.2) is 27.3 Å². The molecule has 0 N–H and O–H groups in total. The lowest BCUT2D eigenvalue weighted by Gasteiger charge is -2.07. The summed E-state index contributed by atoms with van der Waals surface area (Å²) >= 11 is 0. The summed E-state index contributed by atoms with van der Waals surface area (Å²) in [4.78, 5) is 0. The molecule has 0 spiro atoms. The lowest BCUT2D eigenvalue weighted by molar-refractivity contribution is -0.146. The molecule has 0 unspecified atom stereocenters. The molecule has 0 aliphatic carbocycles. The normalized spacial score (nSPS) is 11.5. The minimum Gasteiger partial charge on any atom is -0.496 e. The Morgan fingerprint density at radius 3 is 2.65 bits per heavy atom. The SMILES string of the molecule is COc1[c]cc(-n2nnnc2C(F)(F)F)cc1. The van der Waals surface area contributed by atoms with Gasteiger partial charge in [0.05, 0.1) is 12.8 Å². The van der Waals surface area contributed by atoms with Gasteiger partial charge in [0.2, 0.25) is 0 Å². The van der Waals surface area contributed by atoms with Crippen LogP contribution in [0.1, 0.15) is 5.82 Å². The molecule has 1 heterocycles. The molecular formula is C9H6F3N4O. The molecule has 1 aromatic heterocycles. The molecule has 2 aromatic rings. The van der Waals surface area contributed by atoms with Gasteiger partial charge in [-0.2, -0.15) is 17.9 Å². The third kappa shape index (κ3) is 2.19. The van der Waals surface area contributed by atoms with Gasteiger partial charge < -0.3 is 4.74 Å². The maximum Gasteiger partial charge on any atom is 0.453 e. The fourth-order valence-corrected chi connectivity index (χ4v) is 1.20. The van der Waals surface area contributed by atoms with Crippen LogP contribution < -0.4 is 4.74 Å². The van der Waals surface area contributed by atoms with Crippen molar-refractivity contribution in [3.63, 3.8) is 0 Å². The van der Waals surface area contributed by atoms with Gasteiger partial charge in [-0.05, 0) is 28.6 Å². The Labute approximate surface area is 93.8 Å². The molecule has 0 atom stereocenters. The summed E-state index contributed by atoms with van der Waals surface area (Å²) in [5.74, 6) is -0.772. The average Bonchev–Trinajstić information content (AvgIpc) is 2.78. The Hall–Kier alpha value is -2.12. The van der Waals surface area contributed by atoms with Crippen LogP contribution in [0, 0.1) is 6.07 Å². The summed E-state index contributed by atoms with van der Waals surface area (Å²) in [6.45, 7) is 0. The minimum absolute atomic E-state index is 0.156. The van der Waals surface area contributed by atoms with E-state index >= 15 is 0 Å². The molecule has 0 aliphatic heterocycles. The van der Waals surface area contributed by atoms with Crippen LogP contribution >= 0.6 is 0 Å². The fourth-order valence-electron chi connectivity index (χ4n) is 1.20. The van der Waals surface area contributed by atoms with Gasteiger partial charge in [0, 0.05) is 6.07 Å². The highest BCUT2D eigenvalue weighted by atomic mass is 19.4. The van der Waals surface area contributed by atoms with Crippen LogP contribution in [-0.2, 0) is 6.18 Å². The van der Waals surface area contributed by atoms with Gasteiger partial charge in [-0.15, -0.1) is 5.10 Å². The molecule has 0 fully saturated rings. The molecule has 17 heavy (non-hydrogen) atoms. The second-order valence-corrected chi connectivity index (χ2v) is 3.03. The molecule has 0 bridgehead atoms. The van der Waals surface area contributed by atoms with Crippen molar-refractivity contribution in [1.29, 1.82) is 0 Å². The third-order valence-corrected chi connectivity index (χ3v) is 1.96. The zero-order valence-electron chi connectivity index (χ0n) is 8.56. The zero-order chi connectivity index (χ0) is 12.5. The Bertz CT molecular complexity index is 506. The average molecular weight is 243 g/mol. The maximum atomic E-state index is 12.5. The maximum absolute atomic E-state index is 12.5. The lowest BCUT2D eigenvalue weighted by atomic mass is 10.3. The number of alkyl halides is 3. The van der Waals surface area contributed by atoms with E-state index in [1.807, 2.05) is 0 Å². The summed E-state index contributed by atoms with van der Waals surface area (Å²) in [6.07, 6.45) is -4.61. The summed E-state index contributed by atoms with van der Waals surface area (Å²) in [5.41, 5.74) is 0.156. The van der Waals surface area contributed by atoms with Gasteiger partial charge in [-0.1, -0.05) is 0 Å². The van der Waals surface area contributed by atoms with Gasteiger partial charge in [-0.3, -0.25) is 0 Å². The second kappa shape index (κ2) is 4.04. The van der Waals surface area contributed by atoms with Crippen molar-refractivity contribution in [1.82, 2.24) is 20.2 Å². The molecule has 0 saturated heterocycles. The van der Waals surface area contributed by atoms with E-state index in [2.05, 4.69) is 21.6 Å². The van der Waals surface area contributed by atoms with E-state index in [4.69, 9.17) is 4.74 Å². The Kier molecular flexibility index (Phi) is 2.70. The van der Waals surface area contributed by atoms with Crippen molar-refractivity contribution >= 4 is 0 Å². The van der Waals surface area contributed by atoms with Crippen molar-refractivity contribution in [3.8, 4) is 11.4 Å². The number of hydrogen-bond acceptors (Lipinski definition) is 4. The predicted molar refractivity (Wildman–Crippen MR) is 49.5 cm³/mol. The molecule has 2 rings (SSSR count). The highest BCUT2D eigenvalue weighted by Gasteiger charge is 2.38. The van der Waals surface area contributed by atoms with E-state index in [9.17, 15) is 13.2 Å². The first-order valence-corrected chi connectivity index (χ1v) is 4.44. The van der Waals surface area contributed by atoms with Gasteiger partial charge in [0.1, 0.15) is 5.75 Å². The van der Waals surface area contributed by atoms with Gasteiger partial charge in [0.15, 0.2) is 0 Å². The summed E-state index contributed by atoms with van der Waals surface area (Å²) in [6, 6.07) is 6.83. The van der Waals surface area contributed by atoms with Crippen LogP contribution in [0.25, 0.3) is 5.69 Å². The van der Waals surface area contributed by atoms with Gasteiger partial charge >= 0.3 is 6.18 Å². The number of rotatable bonds is 2. The molecule has 1 aromatic carbocycles. The van der Waals surface area contributed by atoms with Gasteiger partial charge in [0.25, 0.3) is 5.82 Å². The van der Waals surface area contributed by atoms with Crippen molar-refractivity contribution < 1.29 is 17.9 Å². The number of tetrazole rings is 1. The Balaban J connectivity index is 2.43. The highest BCUT2D eigenvalue weighted by molar-refractivity contribution is 5.36. The number of methoxy groups -OCH3 is 1. The van der Waals surface area contributed by atoms with Gasteiger partial charge in [-0.25, -0.2) is 0 Å². The van der Waals surface area contributed by atoms with Crippen molar-refractivity contribution in [2.24, 2.45) is 0 Å². The quantitative estimate of drug-likeness (QED) is 0.801. The molecule has 0 saturated carbocycles. The second-order valence-electron chi connectivity index (χ2n) is 3.03. The topological polar surface area (TPSA) is 52.8 Å². The summed E-state index contributed by atoms with van der Waals surface area (Å²) in [7, 11) is 1.43. The standard InChI is InChI=1S/C9H6F3N4O/c1-17-7-4-2-6(3-5-7)16-8(9(10,11)12)13-14-15-16/h2-4H,1H3. The first-order chi connectivity index (χ1) is 8.02. The minimum atomic E-state index is -4.61. The molecule has 0 amide bonds. The van der Waals surface area contributed by atoms with Crippen LogP contribution in [0.3, 0.4) is 0 Å². The van der Waals surface area contributed by atoms with E-state index in [-0.39, 0.29) is 5.69 Å². The fraction of sp³-hybridized carbons (Fsp3) is 0.222. The van der Waals surface area contributed by atoms with E-state index < -0.39 is 12.0 Å². The van der Waals surface area contributed by atoms with E-state index in [0.29, 0.717) is 10.4 Å². The first-order valence-electron chi connectivity index (χ1n) is 4.44. The third-order valence-electron chi connectivity index (χ3n) is 1.96. The van der Waals surface area contributed by atoms with E-state index in [1.165, 1.54) is 25.3 Å². The van der Waals surface area contributed by atoms with Crippen LogP contribution in [0.4, 0.5) is 13.2 Å². The summed E-state index contributed by atoms with van der Waals surface area (Å²) < 4.78 is 43.0. The smallest absolute Gasteiger partial charge is 0.453 e. The largest absolute Gasteiger partial charge is 0.496 e. The van der Waals surface area contributed by atoms with Crippen molar-refractivity contribution in [2.75, 3.05) is 7.11 Å². The van der Waals surface area contributed by atoms with Crippen molar-refractivity contribution in [3.05, 3.63) is 30.1 Å². The highest BCUT2D eigenvalue weighted by Crippen LogP contribution is 2.28. The lowest BCUT2D eigenvalue weighted by Crippen LogP contribution is -2.14. The predicted octanol–water partition coefficient (Wildman–Crippen LogP) is 1.49. The number of halogens is 3. The van der Waals surface area contributed by atoms with E-state index in [1.54, 1.807) is 0 Å². The monoisotopic (exact) mass is 243 g/mol. The number of nitrogens with zero attached hydrogens (tertiary/aromatic N) is 4. The Morgan fingerprint density at radius 2 is 2.12 bits per heavy atom.